The number of ether oxygens (including phenoxy) is 2. The number of hydrogen-bond donors (Lipinski definition) is 0. The Morgan fingerprint density at radius 1 is 0.958 bits per heavy atom. The first-order chi connectivity index (χ1) is 11.4. The summed E-state index contributed by atoms with van der Waals surface area (Å²) in [5.74, 6) is 1.28. The summed E-state index contributed by atoms with van der Waals surface area (Å²) in [6.45, 7) is 0.394. The Kier molecular flexibility index (Phi) is 6.35. The van der Waals surface area contributed by atoms with Crippen molar-refractivity contribution in [3.8, 4) is 11.5 Å². The van der Waals surface area contributed by atoms with Crippen LogP contribution in [0.4, 0.5) is 0 Å². The summed E-state index contributed by atoms with van der Waals surface area (Å²) < 4.78 is 10.6. The maximum atomic E-state index is 12.5. The number of halogens is 2. The molecule has 0 aliphatic rings. The van der Waals surface area contributed by atoms with E-state index in [0.717, 1.165) is 11.1 Å². The molecule has 0 atom stereocenters. The fourth-order valence-electron chi connectivity index (χ4n) is 2.40. The van der Waals surface area contributed by atoms with Crippen LogP contribution in [0.25, 0.3) is 0 Å². The number of hydrogen-bond acceptors (Lipinski definition) is 3. The van der Waals surface area contributed by atoms with Crippen molar-refractivity contribution in [2.45, 2.75) is 13.0 Å². The third kappa shape index (κ3) is 4.56. The molecule has 0 saturated carbocycles. The van der Waals surface area contributed by atoms with Crippen LogP contribution < -0.4 is 9.47 Å². The molecule has 128 valence electrons. The van der Waals surface area contributed by atoms with Crippen LogP contribution in [0.15, 0.2) is 36.4 Å². The van der Waals surface area contributed by atoms with Crippen LogP contribution in [0.1, 0.15) is 11.1 Å². The molecule has 6 heteroatoms. The quantitative estimate of drug-likeness (QED) is 0.767. The van der Waals surface area contributed by atoms with E-state index >= 15 is 0 Å². The van der Waals surface area contributed by atoms with Gasteiger partial charge in [-0.25, -0.2) is 0 Å². The van der Waals surface area contributed by atoms with Gasteiger partial charge in [0.05, 0.1) is 20.6 Å². The minimum Gasteiger partial charge on any atom is -0.496 e. The lowest BCUT2D eigenvalue weighted by atomic mass is 10.1. The Hall–Kier alpha value is -1.91. The molecule has 0 aliphatic heterocycles. The maximum absolute atomic E-state index is 12.5. The van der Waals surface area contributed by atoms with Crippen molar-refractivity contribution in [1.82, 2.24) is 4.90 Å². The van der Waals surface area contributed by atoms with Crippen molar-refractivity contribution in [2.24, 2.45) is 0 Å². The Balaban J connectivity index is 2.13. The molecule has 2 aromatic rings. The summed E-state index contributed by atoms with van der Waals surface area (Å²) in [6.07, 6.45) is 0.198. The standard InChI is InChI=1S/C18H19Cl2NO3/c1-21(11-13-9-15(20)5-7-17(13)24-3)18(22)10-12-8-14(19)4-6-16(12)23-2/h4-9H,10-11H2,1-3H3. The van der Waals surface area contributed by atoms with Gasteiger partial charge in [0.25, 0.3) is 0 Å². The van der Waals surface area contributed by atoms with Gasteiger partial charge in [-0.2, -0.15) is 0 Å². The van der Waals surface area contributed by atoms with Crippen molar-refractivity contribution in [3.63, 3.8) is 0 Å². The number of amides is 1. The largest absolute Gasteiger partial charge is 0.496 e. The molecule has 0 unspecified atom stereocenters. The summed E-state index contributed by atoms with van der Waals surface area (Å²) in [7, 11) is 4.89. The van der Waals surface area contributed by atoms with Gasteiger partial charge in [-0.1, -0.05) is 23.2 Å². The highest BCUT2D eigenvalue weighted by molar-refractivity contribution is 6.31. The number of likely N-dealkylation sites (N-methyl/N-ethyl adjacent to an activating group) is 1. The number of carbonyl (C=O) groups excluding carboxylic acids is 1. The van der Waals surface area contributed by atoms with Crippen LogP contribution in [0.3, 0.4) is 0 Å². The van der Waals surface area contributed by atoms with E-state index in [-0.39, 0.29) is 12.3 Å². The minimum absolute atomic E-state index is 0.0578. The zero-order valence-corrected chi connectivity index (χ0v) is 15.3. The van der Waals surface area contributed by atoms with Crippen LogP contribution in [0.5, 0.6) is 11.5 Å². The summed E-state index contributed by atoms with van der Waals surface area (Å²) in [5.41, 5.74) is 1.60. The smallest absolute Gasteiger partial charge is 0.227 e. The lowest BCUT2D eigenvalue weighted by molar-refractivity contribution is -0.129. The lowest BCUT2D eigenvalue weighted by Crippen LogP contribution is -2.28. The van der Waals surface area contributed by atoms with Crippen LogP contribution >= 0.6 is 23.2 Å². The fourth-order valence-corrected chi connectivity index (χ4v) is 2.79. The molecule has 0 spiro atoms. The minimum atomic E-state index is -0.0578. The molecule has 24 heavy (non-hydrogen) atoms. The third-order valence-electron chi connectivity index (χ3n) is 3.66. The average Bonchev–Trinajstić information content (AvgIpc) is 2.55. The molecule has 0 aliphatic carbocycles. The van der Waals surface area contributed by atoms with E-state index in [0.29, 0.717) is 28.1 Å². The first kappa shape index (κ1) is 18.4. The van der Waals surface area contributed by atoms with Gasteiger partial charge in [0, 0.05) is 34.8 Å². The topological polar surface area (TPSA) is 38.8 Å². The second-order valence-corrected chi connectivity index (χ2v) is 6.21. The molecule has 0 bridgehead atoms. The van der Waals surface area contributed by atoms with Crippen LogP contribution in [0, 0.1) is 0 Å². The number of carbonyl (C=O) groups is 1. The number of nitrogens with zero attached hydrogens (tertiary/aromatic N) is 1. The molecule has 4 nitrogen and oxygen atoms in total. The van der Waals surface area contributed by atoms with Crippen LogP contribution in [-0.2, 0) is 17.8 Å². The van der Waals surface area contributed by atoms with Gasteiger partial charge in [-0.15, -0.1) is 0 Å². The lowest BCUT2D eigenvalue weighted by Gasteiger charge is -2.20. The van der Waals surface area contributed by atoms with Crippen LogP contribution in [-0.4, -0.2) is 32.1 Å². The van der Waals surface area contributed by atoms with Gasteiger partial charge in [0.2, 0.25) is 5.91 Å². The molecule has 0 radical (unpaired) electrons. The molecule has 0 saturated heterocycles. The zero-order valence-electron chi connectivity index (χ0n) is 13.8. The Morgan fingerprint density at radius 3 is 2.00 bits per heavy atom. The van der Waals surface area contributed by atoms with E-state index in [1.54, 1.807) is 62.6 Å². The average molecular weight is 368 g/mol. The predicted molar refractivity (Wildman–Crippen MR) is 96.2 cm³/mol. The molecule has 0 aromatic heterocycles. The highest BCUT2D eigenvalue weighted by atomic mass is 35.5. The van der Waals surface area contributed by atoms with Gasteiger partial charge in [0.1, 0.15) is 11.5 Å². The van der Waals surface area contributed by atoms with E-state index in [1.165, 1.54) is 0 Å². The summed E-state index contributed by atoms with van der Waals surface area (Å²) in [4.78, 5) is 14.2. The predicted octanol–water partition coefficient (Wildman–Crippen LogP) is 4.21. The molecule has 0 fully saturated rings. The monoisotopic (exact) mass is 367 g/mol. The van der Waals surface area contributed by atoms with Gasteiger partial charge < -0.3 is 14.4 Å². The molecule has 1 amide bonds. The number of benzene rings is 2. The first-order valence-corrected chi connectivity index (χ1v) is 8.09. The Morgan fingerprint density at radius 2 is 1.46 bits per heavy atom. The number of methoxy groups -OCH3 is 2. The van der Waals surface area contributed by atoms with Gasteiger partial charge >= 0.3 is 0 Å². The van der Waals surface area contributed by atoms with Crippen molar-refractivity contribution < 1.29 is 14.3 Å². The van der Waals surface area contributed by atoms with Crippen LogP contribution in [0.2, 0.25) is 10.0 Å². The van der Waals surface area contributed by atoms with Crippen molar-refractivity contribution >= 4 is 29.1 Å². The van der Waals surface area contributed by atoms with Crippen molar-refractivity contribution in [1.29, 1.82) is 0 Å². The molecule has 0 heterocycles. The van der Waals surface area contributed by atoms with E-state index < -0.39 is 0 Å². The highest BCUT2D eigenvalue weighted by Gasteiger charge is 2.15. The number of rotatable bonds is 6. The third-order valence-corrected chi connectivity index (χ3v) is 4.13. The van der Waals surface area contributed by atoms with Crippen molar-refractivity contribution in [3.05, 3.63) is 57.6 Å². The van der Waals surface area contributed by atoms with E-state index in [1.807, 2.05) is 0 Å². The highest BCUT2D eigenvalue weighted by Crippen LogP contribution is 2.26. The summed E-state index contributed by atoms with van der Waals surface area (Å²) >= 11 is 12.0. The van der Waals surface area contributed by atoms with Crippen molar-refractivity contribution in [2.75, 3.05) is 21.3 Å². The molecule has 0 N–H and O–H groups in total. The second kappa shape index (κ2) is 8.27. The van der Waals surface area contributed by atoms with Gasteiger partial charge in [-0.05, 0) is 36.4 Å². The van der Waals surface area contributed by atoms with E-state index in [2.05, 4.69) is 0 Å². The summed E-state index contributed by atoms with van der Waals surface area (Å²) in [5, 5.41) is 1.17. The Labute approximate surface area is 151 Å². The molecular weight excluding hydrogens is 349 g/mol. The normalized spacial score (nSPS) is 10.4. The Bertz CT molecular complexity index is 734. The van der Waals surface area contributed by atoms with Gasteiger partial charge in [-0.3, -0.25) is 4.79 Å². The van der Waals surface area contributed by atoms with E-state index in [9.17, 15) is 4.79 Å². The zero-order chi connectivity index (χ0) is 17.7. The molecular formula is C18H19Cl2NO3. The molecule has 2 rings (SSSR count). The van der Waals surface area contributed by atoms with E-state index in [4.69, 9.17) is 32.7 Å². The maximum Gasteiger partial charge on any atom is 0.227 e. The summed E-state index contributed by atoms with van der Waals surface area (Å²) in [6, 6.07) is 10.6. The van der Waals surface area contributed by atoms with Gasteiger partial charge in [0.15, 0.2) is 0 Å². The SMILES string of the molecule is COc1ccc(Cl)cc1CC(=O)N(C)Cc1cc(Cl)ccc1OC. The second-order valence-electron chi connectivity index (χ2n) is 5.34. The fraction of sp³-hybridized carbons (Fsp3) is 0.278. The molecule has 2 aromatic carbocycles. The first-order valence-electron chi connectivity index (χ1n) is 7.33.